The van der Waals surface area contributed by atoms with Crippen molar-refractivity contribution < 1.29 is 19.1 Å². The summed E-state index contributed by atoms with van der Waals surface area (Å²) in [5.74, 6) is 0.319. The van der Waals surface area contributed by atoms with Crippen LogP contribution in [0.3, 0.4) is 0 Å². The van der Waals surface area contributed by atoms with Gasteiger partial charge < -0.3 is 4.74 Å². The second-order valence-corrected chi connectivity index (χ2v) is 8.40. The molecule has 7 rings (SSSR count). The van der Waals surface area contributed by atoms with E-state index in [-0.39, 0.29) is 42.0 Å². The topological polar surface area (TPSA) is 63.7 Å². The molecule has 6 atom stereocenters. The number of amides is 2. The third-order valence-electron chi connectivity index (χ3n) is 6.99. The monoisotopic (exact) mass is 373 g/mol. The van der Waals surface area contributed by atoms with E-state index in [1.165, 1.54) is 0 Å². The Morgan fingerprint density at radius 2 is 1.57 bits per heavy atom. The Balaban J connectivity index is 1.20. The minimum atomic E-state index is -0.582. The van der Waals surface area contributed by atoms with E-state index in [4.69, 9.17) is 4.74 Å². The molecule has 28 heavy (non-hydrogen) atoms. The lowest BCUT2D eigenvalue weighted by Gasteiger charge is -2.37. The summed E-state index contributed by atoms with van der Waals surface area (Å²) in [7, 11) is 0. The predicted molar refractivity (Wildman–Crippen MR) is 101 cm³/mol. The van der Waals surface area contributed by atoms with Crippen molar-refractivity contribution in [2.24, 2.45) is 35.5 Å². The lowest BCUT2D eigenvalue weighted by molar-refractivity contribution is -0.148. The van der Waals surface area contributed by atoms with E-state index in [1.54, 1.807) is 12.1 Å². The maximum Gasteiger partial charge on any atom is 0.331 e. The van der Waals surface area contributed by atoms with Gasteiger partial charge in [0.25, 0.3) is 0 Å². The van der Waals surface area contributed by atoms with Gasteiger partial charge in [0.05, 0.1) is 11.8 Å². The number of esters is 1. The van der Waals surface area contributed by atoms with Crippen LogP contribution in [-0.4, -0.2) is 29.2 Å². The number of ether oxygens (including phenoxy) is 1. The van der Waals surface area contributed by atoms with Crippen molar-refractivity contribution in [2.75, 3.05) is 6.54 Å². The number of likely N-dealkylation sites (tertiary alicyclic amines) is 1. The highest BCUT2D eigenvalue weighted by atomic mass is 16.5. The number of fused-ring (bicyclic) bond motifs is 1. The molecule has 0 unspecified atom stereocenters. The van der Waals surface area contributed by atoms with Crippen LogP contribution in [0.15, 0.2) is 54.6 Å². The second kappa shape index (κ2) is 5.53. The number of rotatable bonds is 3. The molecular formula is C23H19NO4. The smallest absolute Gasteiger partial charge is 0.331 e. The molecule has 1 heterocycles. The molecule has 2 saturated carbocycles. The molecule has 5 nitrogen and oxygen atoms in total. The van der Waals surface area contributed by atoms with E-state index >= 15 is 0 Å². The van der Waals surface area contributed by atoms with Crippen LogP contribution >= 0.6 is 0 Å². The normalized spacial score (nSPS) is 34.5. The molecule has 2 aromatic carbocycles. The number of hydrogen-bond donors (Lipinski definition) is 0. The van der Waals surface area contributed by atoms with Crippen molar-refractivity contribution in [1.29, 1.82) is 0 Å². The van der Waals surface area contributed by atoms with Gasteiger partial charge in [-0.15, -0.1) is 0 Å². The molecule has 0 aromatic heterocycles. The summed E-state index contributed by atoms with van der Waals surface area (Å²) in [5, 5.41) is 2.02. The van der Waals surface area contributed by atoms with Gasteiger partial charge in [0.1, 0.15) is 12.3 Å². The van der Waals surface area contributed by atoms with E-state index in [9.17, 15) is 14.4 Å². The van der Waals surface area contributed by atoms with E-state index < -0.39 is 5.97 Å². The van der Waals surface area contributed by atoms with Crippen LogP contribution in [0.2, 0.25) is 0 Å². The third kappa shape index (κ3) is 2.16. The minimum absolute atomic E-state index is 0.165. The fourth-order valence-corrected chi connectivity index (χ4v) is 5.70. The average molecular weight is 373 g/mol. The number of carbonyl (C=O) groups is 3. The van der Waals surface area contributed by atoms with Gasteiger partial charge in [0, 0.05) is 0 Å². The van der Waals surface area contributed by atoms with Crippen LogP contribution < -0.4 is 4.74 Å². The molecule has 2 bridgehead atoms. The predicted octanol–water partition coefficient (Wildman–Crippen LogP) is 2.80. The lowest BCUT2D eigenvalue weighted by atomic mass is 9.63. The molecule has 5 aliphatic rings. The molecule has 1 saturated heterocycles. The average Bonchev–Trinajstić information content (AvgIpc) is 3.49. The number of allylic oxidation sites excluding steroid dienone is 2. The first-order chi connectivity index (χ1) is 13.6. The second-order valence-electron chi connectivity index (χ2n) is 8.40. The summed E-state index contributed by atoms with van der Waals surface area (Å²) in [5.41, 5.74) is 0. The standard InChI is InChI=1S/C23H19NO4/c25-19(28-14-6-5-12-3-1-2-4-13(12)9-14)11-24-22(26)20-15-7-8-16(18-10-17(15)18)21(20)23(24)27/h1-9,15-18,20-21H,10-11H2/t15-,16-,17-,18-,20+,21+/m1/s1. The number of nitrogens with zero attached hydrogens (tertiary/aromatic N) is 1. The van der Waals surface area contributed by atoms with Gasteiger partial charge in [-0.2, -0.15) is 0 Å². The summed E-state index contributed by atoms with van der Waals surface area (Å²) < 4.78 is 5.43. The fourth-order valence-electron chi connectivity index (χ4n) is 5.70. The number of carbonyl (C=O) groups excluding carboxylic acids is 3. The first-order valence-corrected chi connectivity index (χ1v) is 9.85. The van der Waals surface area contributed by atoms with Crippen molar-refractivity contribution >= 4 is 28.6 Å². The molecule has 0 N–H and O–H groups in total. The van der Waals surface area contributed by atoms with Crippen LogP contribution in [0.4, 0.5) is 0 Å². The van der Waals surface area contributed by atoms with E-state index in [1.807, 2.05) is 30.3 Å². The van der Waals surface area contributed by atoms with Gasteiger partial charge in [0.2, 0.25) is 11.8 Å². The Hall–Kier alpha value is -2.95. The zero-order valence-corrected chi connectivity index (χ0v) is 15.2. The highest BCUT2D eigenvalue weighted by Gasteiger charge is 2.67. The summed E-state index contributed by atoms with van der Waals surface area (Å²) >= 11 is 0. The fraction of sp³-hybridized carbons (Fsp3) is 0.348. The first kappa shape index (κ1) is 16.0. The van der Waals surface area contributed by atoms with E-state index in [0.29, 0.717) is 17.6 Å². The molecule has 2 aromatic rings. The maximum absolute atomic E-state index is 12.9. The largest absolute Gasteiger partial charge is 0.425 e. The molecule has 4 aliphatic carbocycles. The molecular weight excluding hydrogens is 354 g/mol. The molecule has 0 radical (unpaired) electrons. The zero-order valence-electron chi connectivity index (χ0n) is 15.2. The first-order valence-electron chi connectivity index (χ1n) is 9.85. The summed E-state index contributed by atoms with van der Waals surface area (Å²) in [6, 6.07) is 13.2. The van der Waals surface area contributed by atoms with Gasteiger partial charge in [-0.3, -0.25) is 14.5 Å². The van der Waals surface area contributed by atoms with Crippen molar-refractivity contribution in [2.45, 2.75) is 6.42 Å². The summed E-state index contributed by atoms with van der Waals surface area (Å²) in [4.78, 5) is 39.5. The van der Waals surface area contributed by atoms with Crippen LogP contribution in [-0.2, 0) is 14.4 Å². The van der Waals surface area contributed by atoms with Crippen molar-refractivity contribution in [3.05, 3.63) is 54.6 Å². The minimum Gasteiger partial charge on any atom is -0.425 e. The van der Waals surface area contributed by atoms with Gasteiger partial charge in [-0.1, -0.05) is 42.5 Å². The molecule has 140 valence electrons. The van der Waals surface area contributed by atoms with E-state index in [2.05, 4.69) is 12.2 Å². The molecule has 3 fully saturated rings. The van der Waals surface area contributed by atoms with Crippen molar-refractivity contribution in [1.82, 2.24) is 4.90 Å². The van der Waals surface area contributed by atoms with Gasteiger partial charge in [-0.25, -0.2) is 4.79 Å². The van der Waals surface area contributed by atoms with Crippen LogP contribution in [0.25, 0.3) is 10.8 Å². The van der Waals surface area contributed by atoms with Crippen LogP contribution in [0, 0.1) is 35.5 Å². The summed E-state index contributed by atoms with van der Waals surface area (Å²) in [6.07, 6.45) is 5.38. The summed E-state index contributed by atoms with van der Waals surface area (Å²) in [6.45, 7) is -0.313. The Bertz CT molecular complexity index is 1040. The molecule has 5 heteroatoms. The quantitative estimate of drug-likeness (QED) is 0.359. The van der Waals surface area contributed by atoms with E-state index in [0.717, 1.165) is 22.1 Å². The number of benzene rings is 2. The van der Waals surface area contributed by atoms with Gasteiger partial charge >= 0.3 is 5.97 Å². The third-order valence-corrected chi connectivity index (χ3v) is 6.99. The van der Waals surface area contributed by atoms with Crippen LogP contribution in [0.1, 0.15) is 6.42 Å². The molecule has 0 spiro atoms. The maximum atomic E-state index is 12.9. The zero-order chi connectivity index (χ0) is 19.0. The number of imide groups is 1. The Morgan fingerprint density at radius 3 is 2.25 bits per heavy atom. The van der Waals surface area contributed by atoms with Crippen molar-refractivity contribution in [3.63, 3.8) is 0 Å². The Kier molecular flexibility index (Phi) is 3.17. The van der Waals surface area contributed by atoms with Crippen LogP contribution in [0.5, 0.6) is 5.75 Å². The van der Waals surface area contributed by atoms with Gasteiger partial charge in [0.15, 0.2) is 0 Å². The molecule has 2 amide bonds. The molecule has 1 aliphatic heterocycles. The highest BCUT2D eigenvalue weighted by Crippen LogP contribution is 2.65. The van der Waals surface area contributed by atoms with Gasteiger partial charge in [-0.05, 0) is 53.0 Å². The Morgan fingerprint density at radius 1 is 0.929 bits per heavy atom. The lowest BCUT2D eigenvalue weighted by Crippen LogP contribution is -2.40. The highest BCUT2D eigenvalue weighted by molar-refractivity contribution is 6.08. The van der Waals surface area contributed by atoms with Crippen molar-refractivity contribution in [3.8, 4) is 5.75 Å². The number of hydrogen-bond acceptors (Lipinski definition) is 4. The SMILES string of the molecule is O=C(CN1C(=O)[C@H]2[C@@H]3C=C[C@H]([C@H]4C[C@H]34)[C@@H]2C1=O)Oc1ccc2ccccc2c1. The Labute approximate surface area is 162 Å².